The van der Waals surface area contributed by atoms with Gasteiger partial charge in [0.05, 0.1) is 23.4 Å². The zero-order chi connectivity index (χ0) is 20.4. The van der Waals surface area contributed by atoms with Gasteiger partial charge in [-0.05, 0) is 31.0 Å². The van der Waals surface area contributed by atoms with Crippen molar-refractivity contribution in [3.63, 3.8) is 0 Å². The first kappa shape index (κ1) is 19.2. The zero-order valence-corrected chi connectivity index (χ0v) is 15.8. The van der Waals surface area contributed by atoms with E-state index in [1.807, 2.05) is 0 Å². The number of hydrogen-bond donors (Lipinski definition) is 1. The van der Waals surface area contributed by atoms with Crippen molar-refractivity contribution in [1.29, 1.82) is 0 Å². The van der Waals surface area contributed by atoms with Gasteiger partial charge in [-0.15, -0.1) is 0 Å². The summed E-state index contributed by atoms with van der Waals surface area (Å²) in [6, 6.07) is 7.66. The number of amides is 3. The number of likely N-dealkylation sites (tertiary alicyclic amines) is 1. The van der Waals surface area contributed by atoms with Crippen LogP contribution in [0.1, 0.15) is 29.6 Å². The molecule has 3 heterocycles. The number of para-hydroxylation sites is 1. The van der Waals surface area contributed by atoms with Crippen molar-refractivity contribution in [3.05, 3.63) is 54.2 Å². The lowest BCUT2D eigenvalue weighted by molar-refractivity contribution is -0.127. The molecule has 3 amide bonds. The normalized spacial score (nSPS) is 20.2. The molecular formula is C21H22FN3O4. The summed E-state index contributed by atoms with van der Waals surface area (Å²) in [5, 5.41) is 2.99. The molecule has 0 bridgehead atoms. The molecule has 1 aromatic carbocycles. The number of rotatable bonds is 4. The lowest BCUT2D eigenvalue weighted by atomic mass is 10.0. The number of carbonyl (C=O) groups excluding carboxylic acids is 3. The Morgan fingerprint density at radius 1 is 1.14 bits per heavy atom. The van der Waals surface area contributed by atoms with Crippen molar-refractivity contribution >= 4 is 23.4 Å². The van der Waals surface area contributed by atoms with Gasteiger partial charge in [-0.2, -0.15) is 0 Å². The number of carbonyl (C=O) groups is 3. The molecular weight excluding hydrogens is 377 g/mol. The Morgan fingerprint density at radius 2 is 1.90 bits per heavy atom. The van der Waals surface area contributed by atoms with Crippen molar-refractivity contribution in [3.8, 4) is 0 Å². The highest BCUT2D eigenvalue weighted by atomic mass is 19.1. The fourth-order valence-corrected chi connectivity index (χ4v) is 3.90. The van der Waals surface area contributed by atoms with Crippen LogP contribution in [-0.4, -0.2) is 48.3 Å². The molecule has 0 radical (unpaired) electrons. The minimum absolute atomic E-state index is 0.0477. The third-order valence-electron chi connectivity index (χ3n) is 5.54. The average molecular weight is 399 g/mol. The number of halogens is 1. The van der Waals surface area contributed by atoms with Crippen LogP contribution in [0.15, 0.2) is 47.3 Å². The van der Waals surface area contributed by atoms with E-state index in [9.17, 15) is 18.8 Å². The molecule has 7 nitrogen and oxygen atoms in total. The second-order valence-electron chi connectivity index (χ2n) is 7.44. The Balaban J connectivity index is 1.30. The average Bonchev–Trinajstić information content (AvgIpc) is 3.39. The molecule has 1 unspecified atom stereocenters. The van der Waals surface area contributed by atoms with Crippen LogP contribution in [0, 0.1) is 11.7 Å². The van der Waals surface area contributed by atoms with Crippen molar-refractivity contribution in [2.75, 3.05) is 24.5 Å². The van der Waals surface area contributed by atoms with Crippen LogP contribution in [-0.2, 0) is 9.59 Å². The summed E-state index contributed by atoms with van der Waals surface area (Å²) in [6.45, 7) is 1.25. The second-order valence-corrected chi connectivity index (χ2v) is 7.44. The number of hydrogen-bond acceptors (Lipinski definition) is 4. The van der Waals surface area contributed by atoms with Crippen LogP contribution in [0.3, 0.4) is 0 Å². The van der Waals surface area contributed by atoms with E-state index in [1.165, 1.54) is 23.5 Å². The van der Waals surface area contributed by atoms with E-state index < -0.39 is 11.7 Å². The van der Waals surface area contributed by atoms with Gasteiger partial charge in [-0.25, -0.2) is 4.39 Å². The lowest BCUT2D eigenvalue weighted by Gasteiger charge is -2.32. The predicted octanol–water partition coefficient (Wildman–Crippen LogP) is 2.19. The lowest BCUT2D eigenvalue weighted by Crippen LogP contribution is -2.48. The number of nitrogens with zero attached hydrogens (tertiary/aromatic N) is 2. The minimum Gasteiger partial charge on any atom is -0.472 e. The van der Waals surface area contributed by atoms with Gasteiger partial charge < -0.3 is 19.5 Å². The highest BCUT2D eigenvalue weighted by Crippen LogP contribution is 2.27. The molecule has 8 heteroatoms. The van der Waals surface area contributed by atoms with E-state index in [2.05, 4.69) is 5.32 Å². The van der Waals surface area contributed by atoms with Crippen LogP contribution in [0.2, 0.25) is 0 Å². The molecule has 152 valence electrons. The summed E-state index contributed by atoms with van der Waals surface area (Å²) in [7, 11) is 0. The molecule has 0 spiro atoms. The van der Waals surface area contributed by atoms with Crippen LogP contribution in [0.5, 0.6) is 0 Å². The van der Waals surface area contributed by atoms with Crippen molar-refractivity contribution in [2.24, 2.45) is 5.92 Å². The number of piperidine rings is 1. The molecule has 4 rings (SSSR count). The van der Waals surface area contributed by atoms with Gasteiger partial charge in [0.1, 0.15) is 12.1 Å². The maximum absolute atomic E-state index is 14.0. The first-order valence-electron chi connectivity index (χ1n) is 9.69. The minimum atomic E-state index is -0.507. The standard InChI is InChI=1S/C21H22FN3O4/c22-17-3-1-2-4-18(17)25-12-15(11-19(25)26)20(27)23-16-5-8-24(9-6-16)21(28)14-7-10-29-13-14/h1-4,7,10,13,15-16H,5-6,8-9,11-12H2,(H,23,27). The summed E-state index contributed by atoms with van der Waals surface area (Å²) in [5.41, 5.74) is 0.726. The predicted molar refractivity (Wildman–Crippen MR) is 103 cm³/mol. The largest absolute Gasteiger partial charge is 0.472 e. The van der Waals surface area contributed by atoms with Crippen LogP contribution < -0.4 is 10.2 Å². The highest BCUT2D eigenvalue weighted by Gasteiger charge is 2.37. The van der Waals surface area contributed by atoms with E-state index in [-0.39, 0.29) is 42.4 Å². The molecule has 2 aliphatic heterocycles. The molecule has 0 saturated carbocycles. The van der Waals surface area contributed by atoms with Gasteiger partial charge in [0, 0.05) is 32.1 Å². The van der Waals surface area contributed by atoms with Gasteiger partial charge in [-0.1, -0.05) is 12.1 Å². The molecule has 2 aromatic rings. The summed E-state index contributed by atoms with van der Waals surface area (Å²) in [5.74, 6) is -1.51. The molecule has 0 aliphatic carbocycles. The quantitative estimate of drug-likeness (QED) is 0.854. The molecule has 1 aromatic heterocycles. The monoisotopic (exact) mass is 399 g/mol. The number of nitrogens with one attached hydrogen (secondary N) is 1. The smallest absolute Gasteiger partial charge is 0.257 e. The topological polar surface area (TPSA) is 82.9 Å². The van der Waals surface area contributed by atoms with Crippen LogP contribution in [0.25, 0.3) is 0 Å². The van der Waals surface area contributed by atoms with Crippen molar-refractivity contribution < 1.29 is 23.2 Å². The zero-order valence-electron chi connectivity index (χ0n) is 15.8. The fourth-order valence-electron chi connectivity index (χ4n) is 3.90. The van der Waals surface area contributed by atoms with E-state index in [4.69, 9.17) is 4.42 Å². The van der Waals surface area contributed by atoms with Crippen LogP contribution in [0.4, 0.5) is 10.1 Å². The Kier molecular flexibility index (Phi) is 5.33. The first-order valence-corrected chi connectivity index (χ1v) is 9.69. The van der Waals surface area contributed by atoms with E-state index in [0.717, 1.165) is 0 Å². The Morgan fingerprint density at radius 3 is 2.59 bits per heavy atom. The Labute approximate surface area is 167 Å². The van der Waals surface area contributed by atoms with Gasteiger partial charge in [0.25, 0.3) is 5.91 Å². The van der Waals surface area contributed by atoms with E-state index in [0.29, 0.717) is 31.5 Å². The van der Waals surface area contributed by atoms with Gasteiger partial charge in [0.2, 0.25) is 11.8 Å². The summed E-state index contributed by atoms with van der Waals surface area (Å²) >= 11 is 0. The highest BCUT2D eigenvalue weighted by molar-refractivity contribution is 6.00. The molecule has 2 aliphatic rings. The maximum Gasteiger partial charge on any atom is 0.257 e. The van der Waals surface area contributed by atoms with Gasteiger partial charge in [-0.3, -0.25) is 14.4 Å². The van der Waals surface area contributed by atoms with Crippen molar-refractivity contribution in [1.82, 2.24) is 10.2 Å². The molecule has 2 fully saturated rings. The number of anilines is 1. The van der Waals surface area contributed by atoms with E-state index in [1.54, 1.807) is 29.2 Å². The third kappa shape index (κ3) is 4.01. The van der Waals surface area contributed by atoms with Crippen molar-refractivity contribution in [2.45, 2.75) is 25.3 Å². The van der Waals surface area contributed by atoms with Gasteiger partial charge in [0.15, 0.2) is 0 Å². The SMILES string of the molecule is O=C(NC1CCN(C(=O)c2ccoc2)CC1)C1CC(=O)N(c2ccccc2F)C1. The molecule has 1 N–H and O–H groups in total. The summed E-state index contributed by atoms with van der Waals surface area (Å²) in [6.07, 6.45) is 4.25. The molecule has 29 heavy (non-hydrogen) atoms. The Hall–Kier alpha value is -3.16. The fraction of sp³-hybridized carbons (Fsp3) is 0.381. The first-order chi connectivity index (χ1) is 14.0. The number of benzene rings is 1. The molecule has 1 atom stereocenters. The van der Waals surface area contributed by atoms with Crippen LogP contribution >= 0.6 is 0 Å². The van der Waals surface area contributed by atoms with E-state index >= 15 is 0 Å². The Bertz CT molecular complexity index is 906. The summed E-state index contributed by atoms with van der Waals surface area (Å²) in [4.78, 5) is 40.4. The number of furan rings is 1. The third-order valence-corrected chi connectivity index (χ3v) is 5.54. The van der Waals surface area contributed by atoms with Gasteiger partial charge >= 0.3 is 0 Å². The second kappa shape index (κ2) is 8.06. The molecule has 2 saturated heterocycles. The summed E-state index contributed by atoms with van der Waals surface area (Å²) < 4.78 is 18.9. The maximum atomic E-state index is 14.0.